The van der Waals surface area contributed by atoms with E-state index >= 15 is 0 Å². The number of pyridine rings is 1. The molecule has 1 aromatic heterocycles. The molecule has 0 radical (unpaired) electrons. The molecule has 0 N–H and O–H groups in total. The fourth-order valence-corrected chi connectivity index (χ4v) is 1.79. The summed E-state index contributed by atoms with van der Waals surface area (Å²) in [5, 5.41) is 0. The van der Waals surface area contributed by atoms with Gasteiger partial charge in [-0.05, 0) is 39.0 Å². The number of ketones is 1. The van der Waals surface area contributed by atoms with Gasteiger partial charge in [0.1, 0.15) is 5.75 Å². The van der Waals surface area contributed by atoms with Crippen molar-refractivity contribution in [3.8, 4) is 17.0 Å². The van der Waals surface area contributed by atoms with Crippen LogP contribution in [0.1, 0.15) is 31.1 Å². The first-order valence-electron chi connectivity index (χ1n) is 6.30. The fourth-order valence-electron chi connectivity index (χ4n) is 1.79. The van der Waals surface area contributed by atoms with Crippen LogP contribution in [-0.4, -0.2) is 16.9 Å². The number of carbonyl (C=O) groups is 1. The van der Waals surface area contributed by atoms with Crippen molar-refractivity contribution < 1.29 is 9.53 Å². The van der Waals surface area contributed by atoms with Gasteiger partial charge in [0.15, 0.2) is 5.78 Å². The van der Waals surface area contributed by atoms with E-state index in [2.05, 4.69) is 4.98 Å². The zero-order valence-corrected chi connectivity index (χ0v) is 11.4. The van der Waals surface area contributed by atoms with Gasteiger partial charge in [0, 0.05) is 11.1 Å². The largest absolute Gasteiger partial charge is 0.489 e. The molecular formula is C16H17NO2. The Morgan fingerprint density at radius 1 is 1.21 bits per heavy atom. The standard InChI is InChI=1S/C16H17NO2/c1-11(2)19-15-7-8-16(17-10-15)14-6-4-5-13(9-14)12(3)18/h4-11H,1-3H3. The highest BCUT2D eigenvalue weighted by Crippen LogP contribution is 2.21. The summed E-state index contributed by atoms with van der Waals surface area (Å²) < 4.78 is 5.55. The highest BCUT2D eigenvalue weighted by molar-refractivity contribution is 5.95. The summed E-state index contributed by atoms with van der Waals surface area (Å²) >= 11 is 0. The second-order valence-corrected chi connectivity index (χ2v) is 4.68. The van der Waals surface area contributed by atoms with Crippen molar-refractivity contribution >= 4 is 5.78 Å². The minimum atomic E-state index is 0.0570. The molecule has 0 unspecified atom stereocenters. The summed E-state index contributed by atoms with van der Waals surface area (Å²) in [7, 11) is 0. The van der Waals surface area contributed by atoms with E-state index in [1.54, 1.807) is 13.1 Å². The van der Waals surface area contributed by atoms with E-state index in [1.165, 1.54) is 0 Å². The molecule has 0 spiro atoms. The van der Waals surface area contributed by atoms with E-state index in [4.69, 9.17) is 4.74 Å². The van der Waals surface area contributed by atoms with Crippen LogP contribution in [0.4, 0.5) is 0 Å². The Morgan fingerprint density at radius 2 is 2.00 bits per heavy atom. The van der Waals surface area contributed by atoms with Crippen molar-refractivity contribution in [2.45, 2.75) is 26.9 Å². The van der Waals surface area contributed by atoms with Gasteiger partial charge in [-0.15, -0.1) is 0 Å². The number of nitrogens with zero attached hydrogens (tertiary/aromatic N) is 1. The van der Waals surface area contributed by atoms with E-state index in [0.717, 1.165) is 17.0 Å². The van der Waals surface area contributed by atoms with Crippen LogP contribution < -0.4 is 4.74 Å². The number of ether oxygens (including phenoxy) is 1. The number of hydrogen-bond acceptors (Lipinski definition) is 3. The summed E-state index contributed by atoms with van der Waals surface area (Å²) in [5.74, 6) is 0.808. The number of aromatic nitrogens is 1. The van der Waals surface area contributed by atoms with Gasteiger partial charge >= 0.3 is 0 Å². The predicted octanol–water partition coefficient (Wildman–Crippen LogP) is 3.74. The minimum absolute atomic E-state index is 0.0570. The van der Waals surface area contributed by atoms with Crippen molar-refractivity contribution in [1.82, 2.24) is 4.98 Å². The average Bonchev–Trinajstić information content (AvgIpc) is 2.39. The van der Waals surface area contributed by atoms with Crippen molar-refractivity contribution in [1.29, 1.82) is 0 Å². The monoisotopic (exact) mass is 255 g/mol. The Kier molecular flexibility index (Phi) is 3.95. The molecule has 19 heavy (non-hydrogen) atoms. The Labute approximate surface area is 113 Å². The van der Waals surface area contributed by atoms with Gasteiger partial charge in [-0.3, -0.25) is 9.78 Å². The molecule has 1 heterocycles. The normalized spacial score (nSPS) is 10.5. The first-order valence-corrected chi connectivity index (χ1v) is 6.30. The van der Waals surface area contributed by atoms with Gasteiger partial charge in [-0.2, -0.15) is 0 Å². The molecule has 98 valence electrons. The van der Waals surface area contributed by atoms with Crippen molar-refractivity contribution in [2.75, 3.05) is 0 Å². The number of rotatable bonds is 4. The molecular weight excluding hydrogens is 238 g/mol. The van der Waals surface area contributed by atoms with Crippen LogP contribution in [0.25, 0.3) is 11.3 Å². The maximum absolute atomic E-state index is 11.4. The first-order chi connectivity index (χ1) is 9.06. The topological polar surface area (TPSA) is 39.2 Å². The Morgan fingerprint density at radius 3 is 2.58 bits per heavy atom. The quantitative estimate of drug-likeness (QED) is 0.781. The lowest BCUT2D eigenvalue weighted by Crippen LogP contribution is -2.05. The summed E-state index contributed by atoms with van der Waals surface area (Å²) in [6, 6.07) is 11.3. The number of benzene rings is 1. The molecule has 0 bridgehead atoms. The molecule has 0 fully saturated rings. The van der Waals surface area contributed by atoms with Crippen molar-refractivity contribution in [3.05, 3.63) is 48.2 Å². The van der Waals surface area contributed by atoms with E-state index in [0.29, 0.717) is 5.56 Å². The second kappa shape index (κ2) is 5.65. The van der Waals surface area contributed by atoms with E-state index in [9.17, 15) is 4.79 Å². The molecule has 2 rings (SSSR count). The lowest BCUT2D eigenvalue weighted by molar-refractivity contribution is 0.101. The number of carbonyl (C=O) groups excluding carboxylic acids is 1. The zero-order valence-electron chi connectivity index (χ0n) is 11.4. The Bertz CT molecular complexity index is 574. The highest BCUT2D eigenvalue weighted by Gasteiger charge is 2.04. The highest BCUT2D eigenvalue weighted by atomic mass is 16.5. The van der Waals surface area contributed by atoms with E-state index in [-0.39, 0.29) is 11.9 Å². The zero-order chi connectivity index (χ0) is 13.8. The Hall–Kier alpha value is -2.16. The molecule has 3 heteroatoms. The molecule has 1 aromatic carbocycles. The van der Waals surface area contributed by atoms with Gasteiger partial charge < -0.3 is 4.74 Å². The summed E-state index contributed by atoms with van der Waals surface area (Å²) in [6.07, 6.45) is 1.84. The lowest BCUT2D eigenvalue weighted by atomic mass is 10.1. The Balaban J connectivity index is 2.27. The fraction of sp³-hybridized carbons (Fsp3) is 0.250. The van der Waals surface area contributed by atoms with Gasteiger partial charge in [-0.25, -0.2) is 0 Å². The van der Waals surface area contributed by atoms with E-state index in [1.807, 2.05) is 50.2 Å². The second-order valence-electron chi connectivity index (χ2n) is 4.68. The van der Waals surface area contributed by atoms with Crippen LogP contribution in [0, 0.1) is 0 Å². The van der Waals surface area contributed by atoms with E-state index < -0.39 is 0 Å². The molecule has 2 aromatic rings. The maximum Gasteiger partial charge on any atom is 0.159 e. The van der Waals surface area contributed by atoms with Crippen molar-refractivity contribution in [2.24, 2.45) is 0 Å². The molecule has 0 atom stereocenters. The van der Waals surface area contributed by atoms with Crippen LogP contribution in [-0.2, 0) is 0 Å². The third-order valence-electron chi connectivity index (χ3n) is 2.67. The maximum atomic E-state index is 11.4. The summed E-state index contributed by atoms with van der Waals surface area (Å²) in [4.78, 5) is 15.7. The van der Waals surface area contributed by atoms with Gasteiger partial charge in [0.2, 0.25) is 0 Å². The first kappa shape index (κ1) is 13.3. The smallest absolute Gasteiger partial charge is 0.159 e. The van der Waals surface area contributed by atoms with Crippen LogP contribution >= 0.6 is 0 Å². The molecule has 0 aliphatic rings. The van der Waals surface area contributed by atoms with Crippen LogP contribution in [0.5, 0.6) is 5.75 Å². The van der Waals surface area contributed by atoms with Gasteiger partial charge in [-0.1, -0.05) is 18.2 Å². The predicted molar refractivity (Wildman–Crippen MR) is 75.4 cm³/mol. The molecule has 0 aliphatic heterocycles. The third-order valence-corrected chi connectivity index (χ3v) is 2.67. The molecule has 0 amide bonds. The summed E-state index contributed by atoms with van der Waals surface area (Å²) in [6.45, 7) is 5.51. The molecule has 0 saturated heterocycles. The average molecular weight is 255 g/mol. The van der Waals surface area contributed by atoms with Gasteiger partial charge in [0.25, 0.3) is 0 Å². The minimum Gasteiger partial charge on any atom is -0.489 e. The molecule has 0 aliphatic carbocycles. The number of hydrogen-bond donors (Lipinski definition) is 0. The molecule has 0 saturated carbocycles. The number of Topliss-reactive ketones (excluding diaryl/α,β-unsaturated/α-hetero) is 1. The third kappa shape index (κ3) is 3.41. The summed E-state index contributed by atoms with van der Waals surface area (Å²) in [5.41, 5.74) is 2.46. The molecule has 3 nitrogen and oxygen atoms in total. The lowest BCUT2D eigenvalue weighted by Gasteiger charge is -2.09. The van der Waals surface area contributed by atoms with Gasteiger partial charge in [0.05, 0.1) is 18.0 Å². The van der Waals surface area contributed by atoms with Crippen molar-refractivity contribution in [3.63, 3.8) is 0 Å². The SMILES string of the molecule is CC(=O)c1cccc(-c2ccc(OC(C)C)cn2)c1. The van der Waals surface area contributed by atoms with Crippen LogP contribution in [0.15, 0.2) is 42.6 Å². The van der Waals surface area contributed by atoms with Crippen LogP contribution in [0.3, 0.4) is 0 Å². The van der Waals surface area contributed by atoms with Crippen LogP contribution in [0.2, 0.25) is 0 Å².